The first-order chi connectivity index (χ1) is 15.1. The van der Waals surface area contributed by atoms with Crippen molar-refractivity contribution in [1.29, 1.82) is 0 Å². The lowest BCUT2D eigenvalue weighted by atomic mass is 9.93. The molecule has 0 saturated heterocycles. The molecule has 1 aliphatic rings. The third kappa shape index (κ3) is 3.97. The van der Waals surface area contributed by atoms with Gasteiger partial charge in [0.1, 0.15) is 11.5 Å². The molecule has 3 aromatic heterocycles. The summed E-state index contributed by atoms with van der Waals surface area (Å²) < 4.78 is 23.3. The summed E-state index contributed by atoms with van der Waals surface area (Å²) in [5.41, 5.74) is 2.88. The third-order valence-corrected chi connectivity index (χ3v) is 5.87. The van der Waals surface area contributed by atoms with Gasteiger partial charge in [0.05, 0.1) is 17.8 Å². The highest BCUT2D eigenvalue weighted by atomic mass is 19.1. The van der Waals surface area contributed by atoms with Gasteiger partial charge in [-0.1, -0.05) is 12.1 Å². The lowest BCUT2D eigenvalue weighted by Crippen LogP contribution is -2.31. The Morgan fingerprint density at radius 1 is 1.10 bits per heavy atom. The van der Waals surface area contributed by atoms with Crippen molar-refractivity contribution in [2.75, 3.05) is 5.32 Å². The number of hydrogen-bond donors (Lipinski definition) is 1. The average Bonchev–Trinajstić information content (AvgIpc) is 3.34. The first-order valence-corrected chi connectivity index (χ1v) is 10.6. The van der Waals surface area contributed by atoms with E-state index in [1.54, 1.807) is 22.9 Å². The fourth-order valence-electron chi connectivity index (χ4n) is 4.24. The number of pyridine rings is 1. The van der Waals surface area contributed by atoms with Crippen LogP contribution in [-0.4, -0.2) is 36.7 Å². The molecule has 3 heterocycles. The summed E-state index contributed by atoms with van der Waals surface area (Å²) in [5.74, 6) is 0.875. The summed E-state index contributed by atoms with van der Waals surface area (Å²) in [6, 6.07) is 8.95. The molecule has 5 rings (SSSR count). The van der Waals surface area contributed by atoms with Gasteiger partial charge in [-0.3, -0.25) is 9.36 Å². The second-order valence-electron chi connectivity index (χ2n) is 8.13. The second kappa shape index (κ2) is 8.02. The van der Waals surface area contributed by atoms with Crippen molar-refractivity contribution in [2.24, 2.45) is 14.1 Å². The van der Waals surface area contributed by atoms with Crippen LogP contribution in [-0.2, 0) is 14.1 Å². The molecule has 4 aromatic rings. The minimum Gasteiger partial charge on any atom is -0.487 e. The van der Waals surface area contributed by atoms with Crippen LogP contribution in [0.15, 0.2) is 48.9 Å². The summed E-state index contributed by atoms with van der Waals surface area (Å²) in [4.78, 5) is 4.63. The molecular formula is C23H25FN6O. The van der Waals surface area contributed by atoms with E-state index in [1.807, 2.05) is 43.4 Å². The number of aromatic nitrogens is 5. The van der Waals surface area contributed by atoms with Crippen molar-refractivity contribution >= 4 is 16.7 Å². The predicted molar refractivity (Wildman–Crippen MR) is 117 cm³/mol. The molecule has 8 heteroatoms. The van der Waals surface area contributed by atoms with Gasteiger partial charge >= 0.3 is 0 Å². The summed E-state index contributed by atoms with van der Waals surface area (Å²) in [5, 5.41) is 13.5. The number of benzene rings is 1. The monoisotopic (exact) mass is 420 g/mol. The summed E-state index contributed by atoms with van der Waals surface area (Å²) in [6.45, 7) is 0. The zero-order valence-electron chi connectivity index (χ0n) is 17.6. The van der Waals surface area contributed by atoms with Crippen LogP contribution in [0.2, 0.25) is 0 Å². The number of aryl methyl sites for hydroxylation is 2. The van der Waals surface area contributed by atoms with E-state index in [2.05, 4.69) is 20.5 Å². The van der Waals surface area contributed by atoms with E-state index in [9.17, 15) is 4.39 Å². The molecule has 7 nitrogen and oxygen atoms in total. The minimum atomic E-state index is -0.304. The quantitative estimate of drug-likeness (QED) is 0.521. The van der Waals surface area contributed by atoms with Crippen LogP contribution in [0.4, 0.5) is 10.2 Å². The largest absolute Gasteiger partial charge is 0.487 e. The summed E-state index contributed by atoms with van der Waals surface area (Å²) in [6.07, 6.45) is 9.35. The highest BCUT2D eigenvalue weighted by Gasteiger charge is 2.24. The summed E-state index contributed by atoms with van der Waals surface area (Å²) in [7, 11) is 3.84. The molecule has 1 saturated carbocycles. The third-order valence-electron chi connectivity index (χ3n) is 5.87. The maximum atomic E-state index is 13.8. The van der Waals surface area contributed by atoms with Crippen LogP contribution in [0.1, 0.15) is 25.7 Å². The molecule has 0 bridgehead atoms. The maximum absolute atomic E-state index is 13.8. The van der Waals surface area contributed by atoms with E-state index >= 15 is 0 Å². The van der Waals surface area contributed by atoms with Gasteiger partial charge in [-0.2, -0.15) is 10.2 Å². The number of nitrogens with one attached hydrogen (secondary N) is 1. The SMILES string of the molecule is Cn1cc(-c2nn(C)c3cc(NC4CCC(Oc5ccccc5F)CC4)ncc23)cn1. The number of rotatable bonds is 5. The lowest BCUT2D eigenvalue weighted by Gasteiger charge is -2.30. The molecule has 1 aromatic carbocycles. The first kappa shape index (κ1) is 19.5. The molecule has 0 unspecified atom stereocenters. The van der Waals surface area contributed by atoms with E-state index < -0.39 is 0 Å². The Morgan fingerprint density at radius 2 is 1.90 bits per heavy atom. The number of nitrogens with zero attached hydrogens (tertiary/aromatic N) is 5. The predicted octanol–water partition coefficient (Wildman–Crippen LogP) is 4.31. The Hall–Kier alpha value is -3.42. The first-order valence-electron chi connectivity index (χ1n) is 10.6. The fourth-order valence-corrected chi connectivity index (χ4v) is 4.24. The lowest BCUT2D eigenvalue weighted by molar-refractivity contribution is 0.144. The van der Waals surface area contributed by atoms with Crippen molar-refractivity contribution in [1.82, 2.24) is 24.5 Å². The van der Waals surface area contributed by atoms with Gasteiger partial charge < -0.3 is 10.1 Å². The molecule has 31 heavy (non-hydrogen) atoms. The molecule has 1 N–H and O–H groups in total. The Labute approximate surface area is 179 Å². The molecule has 0 amide bonds. The number of fused-ring (bicyclic) bond motifs is 1. The second-order valence-corrected chi connectivity index (χ2v) is 8.13. The number of ether oxygens (including phenoxy) is 1. The molecule has 0 atom stereocenters. The van der Waals surface area contributed by atoms with E-state index in [0.717, 1.165) is 53.7 Å². The standard InChI is InChI=1S/C23H25FN6O/c1-29-14-15(12-26-29)23-18-13-25-22(11-20(18)30(2)28-23)27-16-7-9-17(10-8-16)31-21-6-4-3-5-19(21)24/h3-6,11-14,16-17H,7-10H2,1-2H3,(H,25,27). The van der Waals surface area contributed by atoms with E-state index in [-0.39, 0.29) is 11.9 Å². The van der Waals surface area contributed by atoms with Gasteiger partial charge in [-0.25, -0.2) is 9.37 Å². The van der Waals surface area contributed by atoms with Crippen molar-refractivity contribution in [3.05, 3.63) is 54.7 Å². The van der Waals surface area contributed by atoms with Crippen molar-refractivity contribution in [2.45, 2.75) is 37.8 Å². The zero-order valence-corrected chi connectivity index (χ0v) is 17.6. The molecule has 0 aliphatic heterocycles. The van der Waals surface area contributed by atoms with Gasteiger partial charge in [0.25, 0.3) is 0 Å². The minimum absolute atomic E-state index is 0.0458. The highest BCUT2D eigenvalue weighted by Crippen LogP contribution is 2.30. The van der Waals surface area contributed by atoms with Crippen LogP contribution >= 0.6 is 0 Å². The highest BCUT2D eigenvalue weighted by molar-refractivity contribution is 5.93. The average molecular weight is 420 g/mol. The molecule has 160 valence electrons. The van der Waals surface area contributed by atoms with Gasteiger partial charge in [-0.15, -0.1) is 0 Å². The number of hydrogen-bond acceptors (Lipinski definition) is 5. The molecule has 1 fully saturated rings. The normalized spacial score (nSPS) is 18.9. The van der Waals surface area contributed by atoms with E-state index in [0.29, 0.717) is 11.8 Å². The molecule has 0 spiro atoms. The van der Waals surface area contributed by atoms with Crippen molar-refractivity contribution in [3.8, 4) is 17.0 Å². The Bertz CT molecular complexity index is 1210. The van der Waals surface area contributed by atoms with Crippen LogP contribution in [0, 0.1) is 5.82 Å². The van der Waals surface area contributed by atoms with E-state index in [1.165, 1.54) is 6.07 Å². The zero-order chi connectivity index (χ0) is 21.4. The number of halogens is 1. The molecule has 1 aliphatic carbocycles. The Balaban J connectivity index is 1.25. The van der Waals surface area contributed by atoms with Crippen LogP contribution in [0.5, 0.6) is 5.75 Å². The topological polar surface area (TPSA) is 69.8 Å². The maximum Gasteiger partial charge on any atom is 0.165 e. The number of anilines is 1. The van der Waals surface area contributed by atoms with Crippen molar-refractivity contribution in [3.63, 3.8) is 0 Å². The van der Waals surface area contributed by atoms with E-state index in [4.69, 9.17) is 4.74 Å². The summed E-state index contributed by atoms with van der Waals surface area (Å²) >= 11 is 0. The van der Waals surface area contributed by atoms with Gasteiger partial charge in [0.2, 0.25) is 0 Å². The molecular weight excluding hydrogens is 395 g/mol. The van der Waals surface area contributed by atoms with Gasteiger partial charge in [0, 0.05) is 49.5 Å². The van der Waals surface area contributed by atoms with Gasteiger partial charge in [-0.05, 0) is 37.8 Å². The fraction of sp³-hybridized carbons (Fsp3) is 0.348. The van der Waals surface area contributed by atoms with Crippen LogP contribution in [0.25, 0.3) is 22.2 Å². The van der Waals surface area contributed by atoms with Gasteiger partial charge in [0.15, 0.2) is 11.6 Å². The Kier molecular flexibility index (Phi) is 5.05. The van der Waals surface area contributed by atoms with Crippen LogP contribution < -0.4 is 10.1 Å². The molecule has 0 radical (unpaired) electrons. The Morgan fingerprint density at radius 3 is 2.65 bits per heavy atom. The number of para-hydroxylation sites is 1. The van der Waals surface area contributed by atoms with Crippen molar-refractivity contribution < 1.29 is 9.13 Å². The van der Waals surface area contributed by atoms with Crippen LogP contribution in [0.3, 0.4) is 0 Å². The smallest absolute Gasteiger partial charge is 0.165 e.